The number of carboxylic acid groups (broad SMARTS) is 1. The second-order valence-corrected chi connectivity index (χ2v) is 5.52. The lowest BCUT2D eigenvalue weighted by molar-refractivity contribution is 0.0700. The molecule has 2 aromatic rings. The molecule has 0 fully saturated rings. The van der Waals surface area contributed by atoms with Crippen molar-refractivity contribution in [2.75, 3.05) is 5.32 Å². The monoisotopic (exact) mass is 290 g/mol. The van der Waals surface area contributed by atoms with Gasteiger partial charge in [0.2, 0.25) is 0 Å². The predicted molar refractivity (Wildman–Crippen MR) is 82.2 cm³/mol. The number of aromatic nitrogens is 1. The minimum Gasteiger partial charge on any atom is -0.477 e. The van der Waals surface area contributed by atoms with Gasteiger partial charge in [-0.1, -0.05) is 43.7 Å². The molecule has 0 radical (unpaired) electrons. The quantitative estimate of drug-likeness (QED) is 0.840. The number of carboxylic acids is 1. The molecule has 1 aromatic heterocycles. The van der Waals surface area contributed by atoms with E-state index in [1.54, 1.807) is 0 Å². The maximum Gasteiger partial charge on any atom is 0.347 e. The summed E-state index contributed by atoms with van der Waals surface area (Å²) in [6.45, 7) is 4.13. The molecule has 4 nitrogen and oxygen atoms in total. The maximum atomic E-state index is 11.2. The summed E-state index contributed by atoms with van der Waals surface area (Å²) in [5.74, 6) is -0.902. The van der Waals surface area contributed by atoms with Crippen molar-refractivity contribution in [3.63, 3.8) is 0 Å². The number of thiazole rings is 1. The Morgan fingerprint density at radius 2 is 2.00 bits per heavy atom. The summed E-state index contributed by atoms with van der Waals surface area (Å²) in [4.78, 5) is 15.9. The fraction of sp³-hybridized carbons (Fsp3) is 0.333. The van der Waals surface area contributed by atoms with E-state index in [4.69, 9.17) is 0 Å². The highest BCUT2D eigenvalue weighted by Crippen LogP contribution is 2.27. The third kappa shape index (κ3) is 3.36. The van der Waals surface area contributed by atoms with E-state index in [0.717, 1.165) is 18.5 Å². The van der Waals surface area contributed by atoms with Crippen molar-refractivity contribution < 1.29 is 9.90 Å². The summed E-state index contributed by atoms with van der Waals surface area (Å²) in [5.41, 5.74) is 2.86. The number of aryl methyl sites for hydroxylation is 2. The van der Waals surface area contributed by atoms with E-state index in [1.165, 1.54) is 16.9 Å². The molecule has 0 atom stereocenters. The van der Waals surface area contributed by atoms with Crippen LogP contribution in [0, 0.1) is 0 Å². The van der Waals surface area contributed by atoms with E-state index in [0.29, 0.717) is 22.1 Å². The van der Waals surface area contributed by atoms with Crippen LogP contribution in [-0.2, 0) is 12.8 Å². The summed E-state index contributed by atoms with van der Waals surface area (Å²) >= 11 is 1.19. The third-order valence-electron chi connectivity index (χ3n) is 2.99. The van der Waals surface area contributed by atoms with Gasteiger partial charge in [-0.05, 0) is 30.5 Å². The van der Waals surface area contributed by atoms with Gasteiger partial charge >= 0.3 is 5.97 Å². The highest BCUT2D eigenvalue weighted by molar-refractivity contribution is 7.17. The van der Waals surface area contributed by atoms with E-state index in [-0.39, 0.29) is 0 Å². The van der Waals surface area contributed by atoms with E-state index in [1.807, 2.05) is 19.1 Å². The molecule has 0 aliphatic heterocycles. The summed E-state index contributed by atoms with van der Waals surface area (Å²) in [6.07, 6.45) is 2.57. The van der Waals surface area contributed by atoms with Gasteiger partial charge in [0.1, 0.15) is 4.88 Å². The van der Waals surface area contributed by atoms with Crippen LogP contribution in [0.1, 0.15) is 41.2 Å². The highest BCUT2D eigenvalue weighted by Gasteiger charge is 2.16. The molecule has 0 saturated heterocycles. The Morgan fingerprint density at radius 1 is 1.30 bits per heavy atom. The molecule has 2 rings (SSSR count). The SMILES string of the molecule is CCCc1nc(Nc2ccc(CC)cc2)sc1C(=O)O. The summed E-state index contributed by atoms with van der Waals surface area (Å²) < 4.78 is 0. The largest absolute Gasteiger partial charge is 0.477 e. The van der Waals surface area contributed by atoms with Crippen LogP contribution in [-0.4, -0.2) is 16.1 Å². The highest BCUT2D eigenvalue weighted by atomic mass is 32.1. The summed E-state index contributed by atoms with van der Waals surface area (Å²) in [5, 5.41) is 13.0. The fourth-order valence-corrected chi connectivity index (χ4v) is 2.80. The molecule has 2 N–H and O–H groups in total. The first kappa shape index (κ1) is 14.5. The van der Waals surface area contributed by atoms with Crippen LogP contribution < -0.4 is 5.32 Å². The molecule has 0 spiro atoms. The molecule has 0 aliphatic rings. The molecule has 1 heterocycles. The van der Waals surface area contributed by atoms with Crippen molar-refractivity contribution >= 4 is 28.1 Å². The molecule has 0 unspecified atom stereocenters. The second-order valence-electron chi connectivity index (χ2n) is 4.53. The number of rotatable bonds is 6. The number of carbonyl (C=O) groups is 1. The molecule has 0 saturated carbocycles. The van der Waals surface area contributed by atoms with Crippen LogP contribution in [0.25, 0.3) is 0 Å². The lowest BCUT2D eigenvalue weighted by Gasteiger charge is -2.03. The number of hydrogen-bond donors (Lipinski definition) is 2. The molecule has 1 aromatic carbocycles. The van der Waals surface area contributed by atoms with Crippen LogP contribution in [0.3, 0.4) is 0 Å². The van der Waals surface area contributed by atoms with E-state index >= 15 is 0 Å². The molecule has 0 aliphatic carbocycles. The predicted octanol–water partition coefficient (Wildman–Crippen LogP) is 4.10. The van der Waals surface area contributed by atoms with Gasteiger partial charge in [-0.3, -0.25) is 0 Å². The molecule has 5 heteroatoms. The lowest BCUT2D eigenvalue weighted by atomic mass is 10.1. The topological polar surface area (TPSA) is 62.2 Å². The summed E-state index contributed by atoms with van der Waals surface area (Å²) in [6, 6.07) is 8.09. The zero-order chi connectivity index (χ0) is 14.5. The molecule has 106 valence electrons. The van der Waals surface area contributed by atoms with Gasteiger partial charge in [-0.15, -0.1) is 0 Å². The molecule has 0 bridgehead atoms. The van der Waals surface area contributed by atoms with Gasteiger partial charge in [-0.2, -0.15) is 0 Å². The second kappa shape index (κ2) is 6.52. The molecular weight excluding hydrogens is 272 g/mol. The van der Waals surface area contributed by atoms with Crippen LogP contribution in [0.15, 0.2) is 24.3 Å². The Morgan fingerprint density at radius 3 is 2.55 bits per heavy atom. The van der Waals surface area contributed by atoms with Crippen LogP contribution in [0.5, 0.6) is 0 Å². The Hall–Kier alpha value is -1.88. The molecule has 20 heavy (non-hydrogen) atoms. The van der Waals surface area contributed by atoms with Gasteiger partial charge in [0.25, 0.3) is 0 Å². The lowest BCUT2D eigenvalue weighted by Crippen LogP contribution is -1.98. The van der Waals surface area contributed by atoms with Crippen molar-refractivity contribution in [2.45, 2.75) is 33.1 Å². The van der Waals surface area contributed by atoms with Crippen molar-refractivity contribution in [3.8, 4) is 0 Å². The Kier molecular flexibility index (Phi) is 4.74. The number of nitrogens with one attached hydrogen (secondary N) is 1. The van der Waals surface area contributed by atoms with Crippen molar-refractivity contribution in [1.82, 2.24) is 4.98 Å². The van der Waals surface area contributed by atoms with Crippen LogP contribution in [0.2, 0.25) is 0 Å². The Balaban J connectivity index is 2.19. The number of aromatic carboxylic acids is 1. The number of benzene rings is 1. The Labute approximate surface area is 122 Å². The molecular formula is C15H18N2O2S. The van der Waals surface area contributed by atoms with Gasteiger partial charge < -0.3 is 10.4 Å². The number of anilines is 2. The third-order valence-corrected chi connectivity index (χ3v) is 3.99. The van der Waals surface area contributed by atoms with E-state index in [9.17, 15) is 9.90 Å². The van der Waals surface area contributed by atoms with Gasteiger partial charge in [0.05, 0.1) is 5.69 Å². The fourth-order valence-electron chi connectivity index (χ4n) is 1.93. The average molecular weight is 290 g/mol. The summed E-state index contributed by atoms with van der Waals surface area (Å²) in [7, 11) is 0. The number of hydrogen-bond acceptors (Lipinski definition) is 4. The first-order chi connectivity index (χ1) is 9.63. The first-order valence-electron chi connectivity index (χ1n) is 6.73. The average Bonchev–Trinajstić information content (AvgIpc) is 2.83. The smallest absolute Gasteiger partial charge is 0.347 e. The standard InChI is InChI=1S/C15H18N2O2S/c1-3-5-12-13(14(18)19)20-15(17-12)16-11-8-6-10(4-2)7-9-11/h6-9H,3-5H2,1-2H3,(H,16,17)(H,18,19). The van der Waals surface area contributed by atoms with Crippen LogP contribution in [0.4, 0.5) is 10.8 Å². The van der Waals surface area contributed by atoms with Gasteiger partial charge in [-0.25, -0.2) is 9.78 Å². The van der Waals surface area contributed by atoms with E-state index < -0.39 is 5.97 Å². The minimum atomic E-state index is -0.902. The zero-order valence-corrected chi connectivity index (χ0v) is 12.5. The normalized spacial score (nSPS) is 10.5. The first-order valence-corrected chi connectivity index (χ1v) is 7.54. The van der Waals surface area contributed by atoms with Gasteiger partial charge in [0.15, 0.2) is 5.13 Å². The molecule has 0 amide bonds. The van der Waals surface area contributed by atoms with Crippen molar-refractivity contribution in [3.05, 3.63) is 40.4 Å². The van der Waals surface area contributed by atoms with Crippen LogP contribution >= 0.6 is 11.3 Å². The number of nitrogens with zero attached hydrogens (tertiary/aromatic N) is 1. The van der Waals surface area contributed by atoms with Crippen molar-refractivity contribution in [2.24, 2.45) is 0 Å². The Bertz CT molecular complexity index is 590. The van der Waals surface area contributed by atoms with E-state index in [2.05, 4.69) is 29.4 Å². The minimum absolute atomic E-state index is 0.333. The maximum absolute atomic E-state index is 11.2. The van der Waals surface area contributed by atoms with Crippen molar-refractivity contribution in [1.29, 1.82) is 0 Å². The van der Waals surface area contributed by atoms with Gasteiger partial charge in [0, 0.05) is 5.69 Å². The zero-order valence-electron chi connectivity index (χ0n) is 11.6.